The number of nitrogens with two attached hydrogens (primary N) is 1. The summed E-state index contributed by atoms with van der Waals surface area (Å²) in [6.45, 7) is 0.827. The fourth-order valence-corrected chi connectivity index (χ4v) is 1.39. The second kappa shape index (κ2) is 6.77. The Morgan fingerprint density at radius 2 is 2.33 bits per heavy atom. The summed E-state index contributed by atoms with van der Waals surface area (Å²) in [7, 11) is 1.58. The molecule has 0 saturated heterocycles. The smallest absolute Gasteiger partial charge is 0.268 e. The van der Waals surface area contributed by atoms with E-state index in [9.17, 15) is 9.59 Å². The number of aromatic nitrogens is 1. The van der Waals surface area contributed by atoms with Crippen molar-refractivity contribution in [2.24, 2.45) is 5.73 Å². The first-order valence-corrected chi connectivity index (χ1v) is 5.46. The fourth-order valence-electron chi connectivity index (χ4n) is 1.39. The Hall–Kier alpha value is -1.86. The number of carbonyl (C=O) groups excluding carboxylic acids is 2. The van der Waals surface area contributed by atoms with Gasteiger partial charge >= 0.3 is 0 Å². The van der Waals surface area contributed by atoms with Crippen molar-refractivity contribution in [2.75, 3.05) is 20.3 Å². The molecule has 1 heterocycles. The maximum atomic E-state index is 11.8. The molecule has 0 aromatic carbocycles. The van der Waals surface area contributed by atoms with Crippen molar-refractivity contribution in [3.8, 4) is 0 Å². The van der Waals surface area contributed by atoms with Crippen LogP contribution in [0.15, 0.2) is 18.3 Å². The van der Waals surface area contributed by atoms with Crippen LogP contribution in [0.1, 0.15) is 10.5 Å². The van der Waals surface area contributed by atoms with Crippen molar-refractivity contribution >= 4 is 11.8 Å². The first-order chi connectivity index (χ1) is 8.56. The van der Waals surface area contributed by atoms with Gasteiger partial charge in [-0.2, -0.15) is 0 Å². The normalized spacial score (nSPS) is 12.1. The van der Waals surface area contributed by atoms with Crippen molar-refractivity contribution < 1.29 is 19.4 Å². The maximum Gasteiger partial charge on any atom is 0.268 e. The molecule has 1 atom stereocenters. The van der Waals surface area contributed by atoms with E-state index in [2.05, 4.69) is 5.32 Å². The molecule has 1 unspecified atom stereocenters. The van der Waals surface area contributed by atoms with Gasteiger partial charge in [0, 0.05) is 19.9 Å². The number of hydrogen-bond acceptors (Lipinski definition) is 4. The molecule has 1 aromatic heterocycles. The van der Waals surface area contributed by atoms with E-state index in [1.54, 1.807) is 30.0 Å². The van der Waals surface area contributed by atoms with E-state index < -0.39 is 12.0 Å². The summed E-state index contributed by atoms with van der Waals surface area (Å²) < 4.78 is 6.64. The zero-order chi connectivity index (χ0) is 13.5. The summed E-state index contributed by atoms with van der Waals surface area (Å²) >= 11 is 0. The van der Waals surface area contributed by atoms with E-state index in [4.69, 9.17) is 15.6 Å². The van der Waals surface area contributed by atoms with Crippen LogP contribution in [0, 0.1) is 0 Å². The number of rotatable bonds is 7. The summed E-state index contributed by atoms with van der Waals surface area (Å²) in [5.41, 5.74) is 5.31. The van der Waals surface area contributed by atoms with Crippen molar-refractivity contribution in [3.05, 3.63) is 24.0 Å². The molecule has 2 amide bonds. The van der Waals surface area contributed by atoms with Gasteiger partial charge in [0.15, 0.2) is 0 Å². The molecular weight excluding hydrogens is 238 g/mol. The van der Waals surface area contributed by atoms with E-state index in [0.717, 1.165) is 0 Å². The summed E-state index contributed by atoms with van der Waals surface area (Å²) in [5.74, 6) is -1.25. The molecule has 0 bridgehead atoms. The predicted octanol–water partition coefficient (Wildman–Crippen LogP) is -1.29. The zero-order valence-electron chi connectivity index (χ0n) is 10.1. The van der Waals surface area contributed by atoms with E-state index in [1.807, 2.05) is 0 Å². The third-order valence-electron chi connectivity index (χ3n) is 2.38. The molecule has 4 N–H and O–H groups in total. The highest BCUT2D eigenvalue weighted by Crippen LogP contribution is 2.02. The van der Waals surface area contributed by atoms with E-state index in [1.165, 1.54) is 0 Å². The number of ether oxygens (including phenoxy) is 1. The Kier molecular flexibility index (Phi) is 5.34. The molecule has 18 heavy (non-hydrogen) atoms. The SMILES string of the molecule is COCCn1cccc1C(=O)NCC(O)C(N)=O. The first kappa shape index (κ1) is 14.2. The number of primary amides is 1. The second-order valence-electron chi connectivity index (χ2n) is 3.71. The largest absolute Gasteiger partial charge is 0.383 e. The lowest BCUT2D eigenvalue weighted by Crippen LogP contribution is -2.40. The molecule has 0 fully saturated rings. The van der Waals surface area contributed by atoms with Gasteiger partial charge in [0.25, 0.3) is 5.91 Å². The Morgan fingerprint density at radius 1 is 1.61 bits per heavy atom. The van der Waals surface area contributed by atoms with Crippen molar-refractivity contribution in [1.82, 2.24) is 9.88 Å². The number of carbonyl (C=O) groups is 2. The van der Waals surface area contributed by atoms with Crippen LogP contribution in [0.4, 0.5) is 0 Å². The molecule has 1 rings (SSSR count). The Balaban J connectivity index is 2.56. The topological polar surface area (TPSA) is 107 Å². The van der Waals surface area contributed by atoms with Gasteiger partial charge in [-0.1, -0.05) is 0 Å². The zero-order valence-corrected chi connectivity index (χ0v) is 10.1. The minimum absolute atomic E-state index is 0.205. The van der Waals surface area contributed by atoms with Gasteiger partial charge in [0.1, 0.15) is 11.8 Å². The van der Waals surface area contributed by atoms with Gasteiger partial charge in [0.2, 0.25) is 5.91 Å². The van der Waals surface area contributed by atoms with Gasteiger partial charge in [-0.3, -0.25) is 9.59 Å². The second-order valence-corrected chi connectivity index (χ2v) is 3.71. The van der Waals surface area contributed by atoms with Gasteiger partial charge in [-0.15, -0.1) is 0 Å². The molecular formula is C11H17N3O4. The number of methoxy groups -OCH3 is 1. The summed E-state index contributed by atoms with van der Waals surface area (Å²) in [4.78, 5) is 22.4. The molecule has 0 spiro atoms. The standard InChI is InChI=1S/C11H17N3O4/c1-18-6-5-14-4-2-3-8(14)11(17)13-7-9(15)10(12)16/h2-4,9,15H,5-7H2,1H3,(H2,12,16)(H,13,17). The monoisotopic (exact) mass is 255 g/mol. The van der Waals surface area contributed by atoms with Crippen molar-refractivity contribution in [1.29, 1.82) is 0 Å². The van der Waals surface area contributed by atoms with Crippen LogP contribution < -0.4 is 11.1 Å². The van der Waals surface area contributed by atoms with E-state index in [-0.39, 0.29) is 12.5 Å². The predicted molar refractivity (Wildman–Crippen MR) is 63.8 cm³/mol. The molecule has 0 radical (unpaired) electrons. The van der Waals surface area contributed by atoms with Gasteiger partial charge < -0.3 is 25.5 Å². The van der Waals surface area contributed by atoms with Gasteiger partial charge in [-0.25, -0.2) is 0 Å². The van der Waals surface area contributed by atoms with Crippen LogP contribution >= 0.6 is 0 Å². The number of aliphatic hydroxyl groups excluding tert-OH is 1. The number of amides is 2. The lowest BCUT2D eigenvalue weighted by atomic mass is 10.3. The molecule has 7 heteroatoms. The molecule has 0 aliphatic rings. The lowest BCUT2D eigenvalue weighted by Gasteiger charge is -2.11. The van der Waals surface area contributed by atoms with Crippen molar-refractivity contribution in [2.45, 2.75) is 12.6 Å². The summed E-state index contributed by atoms with van der Waals surface area (Å²) in [5, 5.41) is 11.6. The number of hydrogen-bond donors (Lipinski definition) is 3. The minimum Gasteiger partial charge on any atom is -0.383 e. The van der Waals surface area contributed by atoms with Crippen molar-refractivity contribution in [3.63, 3.8) is 0 Å². The van der Waals surface area contributed by atoms with E-state index >= 15 is 0 Å². The molecule has 1 aromatic rings. The third kappa shape index (κ3) is 3.86. The van der Waals surface area contributed by atoms with Crippen LogP contribution in [0.5, 0.6) is 0 Å². The molecule has 100 valence electrons. The van der Waals surface area contributed by atoms with Crippen LogP contribution in [0.25, 0.3) is 0 Å². The highest BCUT2D eigenvalue weighted by atomic mass is 16.5. The van der Waals surface area contributed by atoms with Crippen LogP contribution in [0.2, 0.25) is 0 Å². The number of nitrogens with zero attached hydrogens (tertiary/aromatic N) is 1. The van der Waals surface area contributed by atoms with Crippen LogP contribution in [-0.2, 0) is 16.1 Å². The summed E-state index contributed by atoms with van der Waals surface area (Å²) in [6, 6.07) is 3.37. The van der Waals surface area contributed by atoms with Gasteiger partial charge in [0.05, 0.1) is 13.2 Å². The Morgan fingerprint density at radius 3 is 2.94 bits per heavy atom. The lowest BCUT2D eigenvalue weighted by molar-refractivity contribution is -0.125. The quantitative estimate of drug-likeness (QED) is 0.563. The average Bonchev–Trinajstić information content (AvgIpc) is 2.81. The number of nitrogens with one attached hydrogen (secondary N) is 1. The fraction of sp³-hybridized carbons (Fsp3) is 0.455. The molecule has 7 nitrogen and oxygen atoms in total. The molecule has 0 aliphatic heterocycles. The maximum absolute atomic E-state index is 11.8. The third-order valence-corrected chi connectivity index (χ3v) is 2.38. The Bertz CT molecular complexity index is 416. The minimum atomic E-state index is -1.38. The Labute approximate surface area is 105 Å². The number of aliphatic hydroxyl groups is 1. The van der Waals surface area contributed by atoms with Crippen LogP contribution in [-0.4, -0.2) is 47.9 Å². The summed E-state index contributed by atoms with van der Waals surface area (Å²) in [6.07, 6.45) is 0.370. The average molecular weight is 255 g/mol. The molecule has 0 aliphatic carbocycles. The highest BCUT2D eigenvalue weighted by Gasteiger charge is 2.15. The van der Waals surface area contributed by atoms with Crippen LogP contribution in [0.3, 0.4) is 0 Å². The molecule has 0 saturated carbocycles. The van der Waals surface area contributed by atoms with Gasteiger partial charge in [-0.05, 0) is 12.1 Å². The first-order valence-electron chi connectivity index (χ1n) is 5.46. The van der Waals surface area contributed by atoms with E-state index in [0.29, 0.717) is 18.8 Å². The highest BCUT2D eigenvalue weighted by molar-refractivity contribution is 5.93.